The quantitative estimate of drug-likeness (QED) is 0.820. The van der Waals surface area contributed by atoms with Gasteiger partial charge in [-0.2, -0.15) is 0 Å². The van der Waals surface area contributed by atoms with Crippen LogP contribution in [-0.4, -0.2) is 17.6 Å². The van der Waals surface area contributed by atoms with Gasteiger partial charge in [-0.3, -0.25) is 4.79 Å². The maximum absolute atomic E-state index is 12.0. The first-order chi connectivity index (χ1) is 8.95. The van der Waals surface area contributed by atoms with E-state index in [1.165, 1.54) is 0 Å². The molecule has 3 nitrogen and oxygen atoms in total. The van der Waals surface area contributed by atoms with E-state index in [0.717, 1.165) is 16.8 Å². The Morgan fingerprint density at radius 2 is 2.05 bits per heavy atom. The lowest BCUT2D eigenvalue weighted by Gasteiger charge is -2.16. The van der Waals surface area contributed by atoms with Gasteiger partial charge in [0.2, 0.25) is 5.91 Å². The average Bonchev–Trinajstić information content (AvgIpc) is 2.38. The third-order valence-electron chi connectivity index (χ3n) is 3.22. The molecule has 1 unspecified atom stereocenters. The zero-order valence-electron chi connectivity index (χ0n) is 11.9. The molecule has 0 aromatic heterocycles. The van der Waals surface area contributed by atoms with E-state index in [4.69, 9.17) is 5.11 Å². The van der Waals surface area contributed by atoms with E-state index in [0.29, 0.717) is 5.92 Å². The van der Waals surface area contributed by atoms with Crippen molar-refractivity contribution in [3.05, 3.63) is 29.3 Å². The lowest BCUT2D eigenvalue weighted by atomic mass is 9.97. The van der Waals surface area contributed by atoms with E-state index in [1.807, 2.05) is 45.9 Å². The summed E-state index contributed by atoms with van der Waals surface area (Å²) in [5.41, 5.74) is 2.56. The van der Waals surface area contributed by atoms with E-state index < -0.39 is 0 Å². The fourth-order valence-electron chi connectivity index (χ4n) is 1.53. The molecule has 0 spiro atoms. The van der Waals surface area contributed by atoms with E-state index in [1.54, 1.807) is 0 Å². The van der Waals surface area contributed by atoms with Crippen molar-refractivity contribution in [2.75, 3.05) is 11.9 Å². The number of aryl methyl sites for hydroxylation is 1. The maximum atomic E-state index is 12.0. The first-order valence-corrected chi connectivity index (χ1v) is 6.47. The summed E-state index contributed by atoms with van der Waals surface area (Å²) in [7, 11) is 0. The van der Waals surface area contributed by atoms with Crippen molar-refractivity contribution >= 4 is 11.6 Å². The van der Waals surface area contributed by atoms with Crippen LogP contribution < -0.4 is 5.32 Å². The smallest absolute Gasteiger partial charge is 0.227 e. The van der Waals surface area contributed by atoms with Gasteiger partial charge in [0.15, 0.2) is 0 Å². The fraction of sp³-hybridized carbons (Fsp3) is 0.438. The lowest BCUT2D eigenvalue weighted by Crippen LogP contribution is -2.24. The second-order valence-electron chi connectivity index (χ2n) is 5.01. The topological polar surface area (TPSA) is 49.3 Å². The number of benzene rings is 1. The summed E-state index contributed by atoms with van der Waals surface area (Å²) in [5.74, 6) is 5.72. The van der Waals surface area contributed by atoms with Crippen molar-refractivity contribution in [2.24, 2.45) is 11.8 Å². The summed E-state index contributed by atoms with van der Waals surface area (Å²) in [5, 5.41) is 11.6. The van der Waals surface area contributed by atoms with E-state index in [9.17, 15) is 4.79 Å². The number of rotatable bonds is 3. The van der Waals surface area contributed by atoms with Gasteiger partial charge in [-0.25, -0.2) is 0 Å². The summed E-state index contributed by atoms with van der Waals surface area (Å²) >= 11 is 0. The largest absolute Gasteiger partial charge is 0.384 e. The Bertz CT molecular complexity index is 509. The maximum Gasteiger partial charge on any atom is 0.227 e. The Morgan fingerprint density at radius 1 is 1.37 bits per heavy atom. The summed E-state index contributed by atoms with van der Waals surface area (Å²) < 4.78 is 0. The third kappa shape index (κ3) is 4.42. The van der Waals surface area contributed by atoms with Crippen molar-refractivity contribution in [1.82, 2.24) is 0 Å². The van der Waals surface area contributed by atoms with Crippen molar-refractivity contribution in [1.29, 1.82) is 0 Å². The summed E-state index contributed by atoms with van der Waals surface area (Å²) in [6.45, 7) is 7.75. The molecule has 0 heterocycles. The Morgan fingerprint density at radius 3 is 2.63 bits per heavy atom. The zero-order valence-corrected chi connectivity index (χ0v) is 11.9. The highest BCUT2D eigenvalue weighted by atomic mass is 16.2. The van der Waals surface area contributed by atoms with Crippen LogP contribution >= 0.6 is 0 Å². The minimum absolute atomic E-state index is 0.0189. The fourth-order valence-corrected chi connectivity index (χ4v) is 1.53. The normalized spacial score (nSPS) is 11.7. The molecular weight excluding hydrogens is 238 g/mol. The van der Waals surface area contributed by atoms with Gasteiger partial charge in [0, 0.05) is 17.2 Å². The van der Waals surface area contributed by atoms with E-state index in [2.05, 4.69) is 17.2 Å². The number of hydrogen-bond donors (Lipinski definition) is 2. The SMILES string of the molecule is Cc1ccc(C#CCO)cc1NC(=O)C(C)C(C)C. The number of anilines is 1. The number of carbonyl (C=O) groups excluding carboxylic acids is 1. The highest BCUT2D eigenvalue weighted by Crippen LogP contribution is 2.19. The minimum atomic E-state index is -0.167. The first kappa shape index (κ1) is 15.3. The molecule has 0 aliphatic heterocycles. The molecule has 0 bridgehead atoms. The van der Waals surface area contributed by atoms with E-state index in [-0.39, 0.29) is 18.4 Å². The van der Waals surface area contributed by atoms with Crippen LogP contribution in [0.2, 0.25) is 0 Å². The molecule has 0 saturated carbocycles. The molecule has 1 aromatic rings. The Hall–Kier alpha value is -1.79. The van der Waals surface area contributed by atoms with Gasteiger partial charge >= 0.3 is 0 Å². The van der Waals surface area contributed by atoms with Crippen molar-refractivity contribution in [3.63, 3.8) is 0 Å². The molecule has 102 valence electrons. The Balaban J connectivity index is 2.91. The van der Waals surface area contributed by atoms with Crippen LogP contribution in [0, 0.1) is 30.6 Å². The summed E-state index contributed by atoms with van der Waals surface area (Å²) in [4.78, 5) is 12.0. The number of aliphatic hydroxyl groups excluding tert-OH is 1. The van der Waals surface area contributed by atoms with Crippen LogP contribution in [0.15, 0.2) is 18.2 Å². The number of aliphatic hydroxyl groups is 1. The van der Waals surface area contributed by atoms with Crippen LogP contribution in [0.5, 0.6) is 0 Å². The Labute approximate surface area is 115 Å². The number of nitrogens with one attached hydrogen (secondary N) is 1. The van der Waals surface area contributed by atoms with Crippen LogP contribution in [0.1, 0.15) is 31.9 Å². The van der Waals surface area contributed by atoms with Gasteiger partial charge in [-0.15, -0.1) is 0 Å². The molecule has 0 aliphatic carbocycles. The van der Waals surface area contributed by atoms with Crippen LogP contribution in [0.4, 0.5) is 5.69 Å². The molecule has 1 aromatic carbocycles. The molecule has 19 heavy (non-hydrogen) atoms. The van der Waals surface area contributed by atoms with Crippen LogP contribution in [0.3, 0.4) is 0 Å². The van der Waals surface area contributed by atoms with Gasteiger partial charge in [-0.05, 0) is 30.5 Å². The predicted molar refractivity (Wildman–Crippen MR) is 77.8 cm³/mol. The minimum Gasteiger partial charge on any atom is -0.384 e. The molecule has 0 saturated heterocycles. The molecule has 0 fully saturated rings. The number of carbonyl (C=O) groups is 1. The monoisotopic (exact) mass is 259 g/mol. The highest BCUT2D eigenvalue weighted by Gasteiger charge is 2.17. The van der Waals surface area contributed by atoms with Crippen LogP contribution in [-0.2, 0) is 4.79 Å². The molecule has 3 heteroatoms. The summed E-state index contributed by atoms with van der Waals surface area (Å²) in [6.07, 6.45) is 0. The van der Waals surface area contributed by atoms with Crippen molar-refractivity contribution in [2.45, 2.75) is 27.7 Å². The third-order valence-corrected chi connectivity index (χ3v) is 3.22. The molecule has 1 rings (SSSR count). The second-order valence-corrected chi connectivity index (χ2v) is 5.01. The highest BCUT2D eigenvalue weighted by molar-refractivity contribution is 5.93. The molecule has 0 aliphatic rings. The van der Waals surface area contributed by atoms with Gasteiger partial charge < -0.3 is 10.4 Å². The van der Waals surface area contributed by atoms with Gasteiger partial charge in [0.1, 0.15) is 6.61 Å². The predicted octanol–water partition coefficient (Wildman–Crippen LogP) is 2.57. The summed E-state index contributed by atoms with van der Waals surface area (Å²) in [6, 6.07) is 5.62. The lowest BCUT2D eigenvalue weighted by molar-refractivity contribution is -0.120. The van der Waals surface area contributed by atoms with Crippen molar-refractivity contribution in [3.8, 4) is 11.8 Å². The number of hydrogen-bond acceptors (Lipinski definition) is 2. The van der Waals surface area contributed by atoms with Crippen molar-refractivity contribution < 1.29 is 9.90 Å². The standard InChI is InChI=1S/C16H21NO2/c1-11(2)13(4)16(19)17-15-10-14(6-5-9-18)8-7-12(15)3/h7-8,10-11,13,18H,9H2,1-4H3,(H,17,19). The van der Waals surface area contributed by atoms with Gasteiger partial charge in [0.05, 0.1) is 0 Å². The first-order valence-electron chi connectivity index (χ1n) is 6.47. The Kier molecular flexibility index (Phi) is 5.59. The molecular formula is C16H21NO2. The van der Waals surface area contributed by atoms with Gasteiger partial charge in [-0.1, -0.05) is 38.7 Å². The van der Waals surface area contributed by atoms with Crippen LogP contribution in [0.25, 0.3) is 0 Å². The zero-order chi connectivity index (χ0) is 14.4. The molecule has 0 radical (unpaired) electrons. The molecule has 1 atom stereocenters. The second kappa shape index (κ2) is 6.96. The number of amides is 1. The average molecular weight is 259 g/mol. The van der Waals surface area contributed by atoms with Gasteiger partial charge in [0.25, 0.3) is 0 Å². The van der Waals surface area contributed by atoms with E-state index >= 15 is 0 Å². The molecule has 2 N–H and O–H groups in total. The molecule has 1 amide bonds.